The highest BCUT2D eigenvalue weighted by Crippen LogP contribution is 2.33. The highest BCUT2D eigenvalue weighted by molar-refractivity contribution is 7.98. The van der Waals surface area contributed by atoms with Crippen LogP contribution in [0.1, 0.15) is 0 Å². The molecule has 5 heteroatoms. The molecule has 0 saturated heterocycles. The lowest BCUT2D eigenvalue weighted by Gasteiger charge is -1.99. The van der Waals surface area contributed by atoms with E-state index < -0.39 is 0 Å². The first-order valence-corrected chi connectivity index (χ1v) is 4.47. The molecule has 2 nitrogen and oxygen atoms in total. The fourth-order valence-corrected chi connectivity index (χ4v) is 1.68. The summed E-state index contributed by atoms with van der Waals surface area (Å²) in [7, 11) is 0. The largest absolute Gasteiger partial charge is 0.247 e. The summed E-state index contributed by atoms with van der Waals surface area (Å²) in [5, 5.41) is 0.956. The Morgan fingerprint density at radius 3 is 2.42 bits per heavy atom. The third-order valence-electron chi connectivity index (χ3n) is 1.09. The zero-order valence-corrected chi connectivity index (χ0v) is 8.08. The molecule has 0 amide bonds. The van der Waals surface area contributed by atoms with Crippen LogP contribution in [-0.2, 0) is 4.79 Å². The summed E-state index contributed by atoms with van der Waals surface area (Å²) in [5.41, 5.74) is 0. The summed E-state index contributed by atoms with van der Waals surface area (Å²) in [4.78, 5) is 10.4. The Morgan fingerprint density at radius 1 is 1.33 bits per heavy atom. The minimum Gasteiger partial charge on any atom is -0.210 e. The molecule has 0 saturated carbocycles. The lowest BCUT2D eigenvalue weighted by molar-refractivity contribution is 0.566. The minimum atomic E-state index is 0.478. The van der Waals surface area contributed by atoms with Crippen molar-refractivity contribution in [3.8, 4) is 0 Å². The number of hydrogen-bond donors (Lipinski definition) is 0. The van der Waals surface area contributed by atoms with Crippen LogP contribution in [0.3, 0.4) is 0 Å². The third kappa shape index (κ3) is 2.26. The lowest BCUT2D eigenvalue weighted by atomic mass is 10.4. The maximum Gasteiger partial charge on any atom is 0.247 e. The zero-order chi connectivity index (χ0) is 8.97. The molecule has 0 bridgehead atoms. The summed E-state index contributed by atoms with van der Waals surface area (Å²) in [6.07, 6.45) is 1.39. The van der Waals surface area contributed by atoms with Gasteiger partial charge in [-0.05, 0) is 12.1 Å². The van der Waals surface area contributed by atoms with Crippen LogP contribution in [0.4, 0.5) is 0 Å². The first kappa shape index (κ1) is 9.62. The Morgan fingerprint density at radius 2 is 1.92 bits per heavy atom. The van der Waals surface area contributed by atoms with Crippen LogP contribution < -0.4 is 0 Å². The van der Waals surface area contributed by atoms with E-state index in [1.807, 2.05) is 0 Å². The topological polar surface area (TPSA) is 29.4 Å². The van der Waals surface area contributed by atoms with E-state index in [1.54, 1.807) is 18.2 Å². The fraction of sp³-hybridized carbons (Fsp3) is 0. The van der Waals surface area contributed by atoms with Crippen molar-refractivity contribution >= 4 is 41.2 Å². The zero-order valence-electron chi connectivity index (χ0n) is 5.75. The lowest BCUT2D eigenvalue weighted by Crippen LogP contribution is -1.73. The van der Waals surface area contributed by atoms with E-state index in [0.29, 0.717) is 14.9 Å². The number of halogens is 2. The highest BCUT2D eigenvalue weighted by Gasteiger charge is 2.04. The average Bonchev–Trinajstić information content (AvgIpc) is 2.04. The maximum absolute atomic E-state index is 9.80. The van der Waals surface area contributed by atoms with E-state index in [-0.39, 0.29) is 0 Å². The quantitative estimate of drug-likeness (QED) is 0.434. The molecule has 12 heavy (non-hydrogen) atoms. The van der Waals surface area contributed by atoms with Gasteiger partial charge in [0.1, 0.15) is 0 Å². The smallest absolute Gasteiger partial charge is 0.210 e. The summed E-state index contributed by atoms with van der Waals surface area (Å²) in [6.45, 7) is 0. The van der Waals surface area contributed by atoms with Gasteiger partial charge < -0.3 is 0 Å². The minimum absolute atomic E-state index is 0.478. The van der Waals surface area contributed by atoms with E-state index >= 15 is 0 Å². The van der Waals surface area contributed by atoms with Gasteiger partial charge in [0.15, 0.2) is 0 Å². The van der Waals surface area contributed by atoms with Crippen molar-refractivity contribution in [3.05, 3.63) is 28.2 Å². The van der Waals surface area contributed by atoms with Gasteiger partial charge in [-0.15, -0.1) is 4.40 Å². The second-order valence-electron chi connectivity index (χ2n) is 1.82. The molecule has 0 aliphatic heterocycles. The molecule has 0 aliphatic carbocycles. The van der Waals surface area contributed by atoms with Crippen LogP contribution in [0.2, 0.25) is 10.0 Å². The van der Waals surface area contributed by atoms with Gasteiger partial charge in [0.05, 0.1) is 14.9 Å². The Bertz CT molecular complexity index is 316. The molecule has 1 aromatic rings. The number of benzene rings is 1. The van der Waals surface area contributed by atoms with Crippen molar-refractivity contribution in [1.29, 1.82) is 0 Å². The van der Waals surface area contributed by atoms with Gasteiger partial charge >= 0.3 is 0 Å². The molecule has 0 aliphatic rings. The molecule has 0 aromatic heterocycles. The van der Waals surface area contributed by atoms with Gasteiger partial charge in [-0.2, -0.15) is 0 Å². The number of isocyanates is 1. The number of nitrogens with zero attached hydrogens (tertiary/aromatic N) is 1. The van der Waals surface area contributed by atoms with Crippen LogP contribution in [0.5, 0.6) is 0 Å². The van der Waals surface area contributed by atoms with E-state index in [1.165, 1.54) is 6.08 Å². The third-order valence-corrected chi connectivity index (χ3v) is 2.74. The Labute approximate surface area is 83.7 Å². The van der Waals surface area contributed by atoms with Crippen LogP contribution in [0.15, 0.2) is 27.5 Å². The molecule has 62 valence electrons. The summed E-state index contributed by atoms with van der Waals surface area (Å²) >= 11 is 12.5. The maximum atomic E-state index is 9.80. The predicted octanol–water partition coefficient (Wildman–Crippen LogP) is 3.34. The molecule has 0 N–H and O–H groups in total. The average molecular weight is 220 g/mol. The molecule has 0 radical (unpaired) electrons. The van der Waals surface area contributed by atoms with E-state index in [0.717, 1.165) is 11.9 Å². The van der Waals surface area contributed by atoms with E-state index in [4.69, 9.17) is 23.2 Å². The summed E-state index contributed by atoms with van der Waals surface area (Å²) in [6, 6.07) is 5.07. The summed E-state index contributed by atoms with van der Waals surface area (Å²) in [5.74, 6) is 0. The standard InChI is InChI=1S/C7H3Cl2NOS/c8-5-2-1-3-6(9)7(5)12-10-4-11/h1-3H. The van der Waals surface area contributed by atoms with Crippen LogP contribution in [-0.4, -0.2) is 6.08 Å². The van der Waals surface area contributed by atoms with Gasteiger partial charge in [0, 0.05) is 11.9 Å². The van der Waals surface area contributed by atoms with Crippen LogP contribution >= 0.6 is 35.1 Å². The van der Waals surface area contributed by atoms with E-state index in [2.05, 4.69) is 4.40 Å². The van der Waals surface area contributed by atoms with Crippen molar-refractivity contribution in [2.24, 2.45) is 4.40 Å². The molecule has 0 atom stereocenters. The first-order chi connectivity index (χ1) is 5.75. The molecule has 0 heterocycles. The van der Waals surface area contributed by atoms with Gasteiger partial charge in [-0.25, -0.2) is 4.79 Å². The monoisotopic (exact) mass is 219 g/mol. The molecular formula is C7H3Cl2NOS. The first-order valence-electron chi connectivity index (χ1n) is 2.94. The van der Waals surface area contributed by atoms with Gasteiger partial charge in [0.25, 0.3) is 0 Å². The Kier molecular flexibility index (Phi) is 3.63. The van der Waals surface area contributed by atoms with Crippen LogP contribution in [0.25, 0.3) is 0 Å². The van der Waals surface area contributed by atoms with Crippen LogP contribution in [0, 0.1) is 0 Å². The summed E-state index contributed by atoms with van der Waals surface area (Å²) < 4.78 is 3.31. The van der Waals surface area contributed by atoms with Crippen molar-refractivity contribution in [2.75, 3.05) is 0 Å². The van der Waals surface area contributed by atoms with Gasteiger partial charge in [-0.3, -0.25) is 0 Å². The molecule has 0 spiro atoms. The number of carbonyl (C=O) groups excluding carboxylic acids is 1. The fourth-order valence-electron chi connectivity index (χ4n) is 0.634. The van der Waals surface area contributed by atoms with Crippen molar-refractivity contribution in [1.82, 2.24) is 0 Å². The number of hydrogen-bond acceptors (Lipinski definition) is 3. The van der Waals surface area contributed by atoms with Crippen molar-refractivity contribution in [2.45, 2.75) is 4.90 Å². The molecule has 1 rings (SSSR count). The van der Waals surface area contributed by atoms with Gasteiger partial charge in [-0.1, -0.05) is 29.3 Å². The van der Waals surface area contributed by atoms with Crippen molar-refractivity contribution < 1.29 is 4.79 Å². The SMILES string of the molecule is O=C=NSc1c(Cl)cccc1Cl. The molecule has 1 aromatic carbocycles. The molecule has 0 unspecified atom stereocenters. The second kappa shape index (κ2) is 4.53. The van der Waals surface area contributed by atoms with Gasteiger partial charge in [0.2, 0.25) is 6.08 Å². The predicted molar refractivity (Wildman–Crippen MR) is 50.4 cm³/mol. The highest BCUT2D eigenvalue weighted by atomic mass is 35.5. The molecule has 0 fully saturated rings. The Balaban J connectivity index is 3.03. The van der Waals surface area contributed by atoms with Crippen molar-refractivity contribution in [3.63, 3.8) is 0 Å². The second-order valence-corrected chi connectivity index (χ2v) is 3.41. The van der Waals surface area contributed by atoms with E-state index in [9.17, 15) is 4.79 Å². The number of rotatable bonds is 2. The Hall–Kier alpha value is -0.470. The molecular weight excluding hydrogens is 217 g/mol. The normalized spacial score (nSPS) is 9.17.